The summed E-state index contributed by atoms with van der Waals surface area (Å²) in [6.07, 6.45) is 5.41. The summed E-state index contributed by atoms with van der Waals surface area (Å²) in [6.45, 7) is 3.32. The van der Waals surface area contributed by atoms with Gasteiger partial charge in [-0.1, -0.05) is 67.0 Å². The lowest BCUT2D eigenvalue weighted by molar-refractivity contribution is 0.0588. The molecule has 0 spiro atoms. The number of ether oxygens (including phenoxy) is 1. The van der Waals surface area contributed by atoms with Gasteiger partial charge in [0.05, 0.1) is 18.3 Å². The van der Waals surface area contributed by atoms with Crippen LogP contribution in [0.1, 0.15) is 49.0 Å². The van der Waals surface area contributed by atoms with E-state index in [0.717, 1.165) is 65.8 Å². The third-order valence-corrected chi connectivity index (χ3v) is 7.08. The number of H-pyrrole nitrogens is 1. The maximum atomic E-state index is 14.0. The Hall–Kier alpha value is -4.31. The summed E-state index contributed by atoms with van der Waals surface area (Å²) in [5.41, 5.74) is 5.29. The van der Waals surface area contributed by atoms with E-state index in [4.69, 9.17) is 9.26 Å². The van der Waals surface area contributed by atoms with E-state index >= 15 is 0 Å². The topological polar surface area (TPSA) is 120 Å². The van der Waals surface area contributed by atoms with Crippen LogP contribution in [0.25, 0.3) is 28.3 Å². The third kappa shape index (κ3) is 4.37. The van der Waals surface area contributed by atoms with Gasteiger partial charge in [-0.05, 0) is 36.0 Å². The second kappa shape index (κ2) is 10.2. The van der Waals surface area contributed by atoms with Crippen LogP contribution in [0, 0.1) is 0 Å². The minimum Gasteiger partial charge on any atom is -0.379 e. The fourth-order valence-corrected chi connectivity index (χ4v) is 5.30. The summed E-state index contributed by atoms with van der Waals surface area (Å²) in [6, 6.07) is 15.7. The number of aromatic nitrogens is 6. The fourth-order valence-electron chi connectivity index (χ4n) is 5.30. The second-order valence-electron chi connectivity index (χ2n) is 9.56. The molecule has 10 heteroatoms. The number of fused-ring (bicyclic) bond motifs is 1. The fraction of sp³-hybridized carbons (Fsp3) is 0.321. The Balaban J connectivity index is 1.39. The van der Waals surface area contributed by atoms with Crippen LogP contribution in [0.5, 0.6) is 0 Å². The molecule has 0 radical (unpaired) electrons. The SMILES string of the molecule is CCCc1c(Cc2ccc(-c3ccccc3-c3noc(=O)[nH]3)cc2)c(=O)n(C2CCCOC2)c2ncnn12. The molecule has 1 atom stereocenters. The first-order valence-corrected chi connectivity index (χ1v) is 12.9. The van der Waals surface area contributed by atoms with E-state index in [1.54, 1.807) is 4.57 Å². The van der Waals surface area contributed by atoms with Gasteiger partial charge < -0.3 is 4.74 Å². The Morgan fingerprint density at radius 2 is 1.89 bits per heavy atom. The van der Waals surface area contributed by atoms with Gasteiger partial charge in [-0.2, -0.15) is 10.1 Å². The molecule has 4 heterocycles. The molecule has 0 saturated carbocycles. The molecule has 1 aliphatic heterocycles. The van der Waals surface area contributed by atoms with E-state index < -0.39 is 5.76 Å². The minimum absolute atomic E-state index is 0.0196. The van der Waals surface area contributed by atoms with Crippen LogP contribution in [0.2, 0.25) is 0 Å². The van der Waals surface area contributed by atoms with Crippen molar-refractivity contribution in [2.24, 2.45) is 0 Å². The highest BCUT2D eigenvalue weighted by molar-refractivity contribution is 5.80. The van der Waals surface area contributed by atoms with Crippen molar-refractivity contribution in [1.82, 2.24) is 29.3 Å². The molecule has 1 N–H and O–H groups in total. The Bertz CT molecular complexity index is 1690. The van der Waals surface area contributed by atoms with Crippen molar-refractivity contribution in [1.29, 1.82) is 0 Å². The number of hydrogen-bond acceptors (Lipinski definition) is 7. The maximum Gasteiger partial charge on any atom is 0.439 e. The number of hydrogen-bond donors (Lipinski definition) is 1. The van der Waals surface area contributed by atoms with Crippen LogP contribution < -0.4 is 11.3 Å². The van der Waals surface area contributed by atoms with Gasteiger partial charge in [-0.15, -0.1) is 0 Å². The van der Waals surface area contributed by atoms with Crippen LogP contribution in [0.3, 0.4) is 0 Å². The van der Waals surface area contributed by atoms with E-state index in [2.05, 4.69) is 27.1 Å². The lowest BCUT2D eigenvalue weighted by Gasteiger charge is -2.26. The van der Waals surface area contributed by atoms with Crippen molar-refractivity contribution >= 4 is 5.78 Å². The summed E-state index contributed by atoms with van der Waals surface area (Å²) in [4.78, 5) is 32.5. The van der Waals surface area contributed by atoms with E-state index in [1.165, 1.54) is 6.33 Å². The highest BCUT2D eigenvalue weighted by Crippen LogP contribution is 2.30. The Labute approximate surface area is 217 Å². The van der Waals surface area contributed by atoms with Crippen LogP contribution in [-0.4, -0.2) is 42.5 Å². The number of nitrogens with zero attached hydrogens (tertiary/aromatic N) is 5. The van der Waals surface area contributed by atoms with Crippen LogP contribution in [0.4, 0.5) is 0 Å². The van der Waals surface area contributed by atoms with E-state index in [0.29, 0.717) is 24.6 Å². The largest absolute Gasteiger partial charge is 0.439 e. The predicted octanol–water partition coefficient (Wildman–Crippen LogP) is 3.80. The molecule has 3 aromatic heterocycles. The summed E-state index contributed by atoms with van der Waals surface area (Å²) in [7, 11) is 0. The molecular weight excluding hydrogens is 484 g/mol. The zero-order valence-electron chi connectivity index (χ0n) is 21.1. The Morgan fingerprint density at radius 1 is 1.08 bits per heavy atom. The zero-order chi connectivity index (χ0) is 26.1. The summed E-state index contributed by atoms with van der Waals surface area (Å²) in [5, 5.41) is 8.34. The lowest BCUT2D eigenvalue weighted by atomic mass is 9.96. The molecule has 1 fully saturated rings. The smallest absolute Gasteiger partial charge is 0.379 e. The molecule has 5 aromatic rings. The van der Waals surface area contributed by atoms with Gasteiger partial charge in [-0.3, -0.25) is 18.9 Å². The molecule has 0 amide bonds. The van der Waals surface area contributed by atoms with Crippen molar-refractivity contribution in [2.45, 2.75) is 45.1 Å². The van der Waals surface area contributed by atoms with Gasteiger partial charge in [0.15, 0.2) is 5.82 Å². The van der Waals surface area contributed by atoms with Crippen molar-refractivity contribution in [3.8, 4) is 22.5 Å². The van der Waals surface area contributed by atoms with Gasteiger partial charge in [0.25, 0.3) is 5.56 Å². The van der Waals surface area contributed by atoms with Crippen molar-refractivity contribution < 1.29 is 9.26 Å². The highest BCUT2D eigenvalue weighted by Gasteiger charge is 2.25. The Morgan fingerprint density at radius 3 is 2.61 bits per heavy atom. The first kappa shape index (κ1) is 24.1. The summed E-state index contributed by atoms with van der Waals surface area (Å²) < 4.78 is 14.0. The number of rotatable bonds is 7. The first-order valence-electron chi connectivity index (χ1n) is 12.9. The standard InChI is InChI=1S/C28H28N6O4/c1-2-6-24-23(26(35)33(20-7-5-14-37-16-20)27-29-17-30-34(24)27)15-18-10-12-19(13-11-18)21-8-3-4-9-22(21)25-31-28(36)38-32-25/h3-4,8-13,17,20H,2,5-7,14-16H2,1H3,(H,31,32,36). The average molecular weight is 513 g/mol. The van der Waals surface area contributed by atoms with Crippen molar-refractivity contribution in [3.05, 3.63) is 92.6 Å². The molecule has 38 heavy (non-hydrogen) atoms. The van der Waals surface area contributed by atoms with Gasteiger partial charge in [0.1, 0.15) is 6.33 Å². The van der Waals surface area contributed by atoms with E-state index in [9.17, 15) is 9.59 Å². The molecule has 0 bridgehead atoms. The predicted molar refractivity (Wildman–Crippen MR) is 141 cm³/mol. The lowest BCUT2D eigenvalue weighted by Crippen LogP contribution is -2.35. The third-order valence-electron chi connectivity index (χ3n) is 7.08. The van der Waals surface area contributed by atoms with Crippen LogP contribution >= 0.6 is 0 Å². The summed E-state index contributed by atoms with van der Waals surface area (Å²) >= 11 is 0. The molecule has 1 saturated heterocycles. The second-order valence-corrected chi connectivity index (χ2v) is 9.56. The average Bonchev–Trinajstić information content (AvgIpc) is 3.61. The number of nitrogens with one attached hydrogen (secondary N) is 1. The maximum absolute atomic E-state index is 14.0. The van der Waals surface area contributed by atoms with Crippen molar-refractivity contribution in [3.63, 3.8) is 0 Å². The van der Waals surface area contributed by atoms with E-state index in [-0.39, 0.29) is 11.6 Å². The van der Waals surface area contributed by atoms with Crippen LogP contribution in [-0.2, 0) is 17.6 Å². The quantitative estimate of drug-likeness (QED) is 0.352. The number of aromatic amines is 1. The minimum atomic E-state index is -0.595. The number of aryl methyl sites for hydroxylation is 1. The molecule has 1 aliphatic rings. The van der Waals surface area contributed by atoms with Crippen molar-refractivity contribution in [2.75, 3.05) is 13.2 Å². The Kier molecular flexibility index (Phi) is 6.47. The first-order chi connectivity index (χ1) is 18.6. The normalized spacial score (nSPS) is 15.8. The summed E-state index contributed by atoms with van der Waals surface area (Å²) in [5.74, 6) is 0.366. The van der Waals surface area contributed by atoms with Gasteiger partial charge >= 0.3 is 5.76 Å². The molecule has 10 nitrogen and oxygen atoms in total. The molecule has 2 aromatic carbocycles. The van der Waals surface area contributed by atoms with Gasteiger partial charge in [0, 0.05) is 24.2 Å². The van der Waals surface area contributed by atoms with Gasteiger partial charge in [-0.25, -0.2) is 9.31 Å². The molecule has 1 unspecified atom stereocenters. The molecule has 0 aliphatic carbocycles. The molecule has 194 valence electrons. The van der Waals surface area contributed by atoms with E-state index in [1.807, 2.05) is 53.0 Å². The van der Waals surface area contributed by atoms with Crippen LogP contribution in [0.15, 0.2) is 69.0 Å². The zero-order valence-corrected chi connectivity index (χ0v) is 21.1. The number of benzene rings is 2. The molecular formula is C28H28N6O4. The highest BCUT2D eigenvalue weighted by atomic mass is 16.5. The van der Waals surface area contributed by atoms with Gasteiger partial charge in [0.2, 0.25) is 5.78 Å². The monoisotopic (exact) mass is 512 g/mol. The molecule has 6 rings (SSSR count).